The van der Waals surface area contributed by atoms with Crippen LogP contribution in [0.1, 0.15) is 31.2 Å². The third-order valence-electron chi connectivity index (χ3n) is 3.76. The van der Waals surface area contributed by atoms with E-state index in [0.29, 0.717) is 18.4 Å². The highest BCUT2D eigenvalue weighted by atomic mass is 16.5. The Labute approximate surface area is 116 Å². The normalized spacial score (nSPS) is 22.1. The number of allylic oxidation sites excluding steroid dienone is 2. The molecule has 0 heterocycles. The van der Waals surface area contributed by atoms with Crippen LogP contribution in [0.15, 0.2) is 42.5 Å². The van der Waals surface area contributed by atoms with E-state index in [1.165, 1.54) is 18.4 Å². The van der Waals surface area contributed by atoms with Crippen LogP contribution in [0.2, 0.25) is 0 Å². The molecule has 2 atom stereocenters. The molecular formula is C18H22O. The minimum absolute atomic E-state index is 0.598. The molecule has 0 spiro atoms. The van der Waals surface area contributed by atoms with Gasteiger partial charge in [-0.3, -0.25) is 0 Å². The van der Waals surface area contributed by atoms with Gasteiger partial charge in [0.25, 0.3) is 0 Å². The van der Waals surface area contributed by atoms with Gasteiger partial charge in [-0.15, -0.1) is 12.3 Å². The lowest BCUT2D eigenvalue weighted by Gasteiger charge is -2.27. The molecule has 1 nitrogen and oxygen atoms in total. The molecule has 0 aliphatic heterocycles. The summed E-state index contributed by atoms with van der Waals surface area (Å²) in [5.74, 6) is 3.97. The van der Waals surface area contributed by atoms with Gasteiger partial charge < -0.3 is 4.74 Å². The van der Waals surface area contributed by atoms with Crippen molar-refractivity contribution in [2.24, 2.45) is 11.8 Å². The lowest BCUT2D eigenvalue weighted by Crippen LogP contribution is -2.21. The van der Waals surface area contributed by atoms with Crippen molar-refractivity contribution in [3.8, 4) is 12.3 Å². The van der Waals surface area contributed by atoms with Crippen molar-refractivity contribution in [3.05, 3.63) is 48.0 Å². The van der Waals surface area contributed by atoms with Crippen molar-refractivity contribution in [1.29, 1.82) is 0 Å². The van der Waals surface area contributed by atoms with Gasteiger partial charge in [-0.2, -0.15) is 0 Å². The third-order valence-corrected chi connectivity index (χ3v) is 3.76. The summed E-state index contributed by atoms with van der Waals surface area (Å²) < 4.78 is 5.88. The fourth-order valence-corrected chi connectivity index (χ4v) is 2.64. The fourth-order valence-electron chi connectivity index (χ4n) is 2.64. The minimum Gasteiger partial charge on any atom is -0.376 e. The average molecular weight is 254 g/mol. The van der Waals surface area contributed by atoms with Crippen LogP contribution >= 0.6 is 0 Å². The summed E-state index contributed by atoms with van der Waals surface area (Å²) in [6, 6.07) is 10.4. The maximum Gasteiger partial charge on any atom is 0.0717 e. The summed E-state index contributed by atoms with van der Waals surface area (Å²) in [6.07, 6.45) is 14.3. The largest absolute Gasteiger partial charge is 0.376 e. The average Bonchev–Trinajstić information content (AvgIpc) is 2.47. The highest BCUT2D eigenvalue weighted by Gasteiger charge is 2.21. The molecule has 19 heavy (non-hydrogen) atoms. The maximum atomic E-state index is 5.88. The molecule has 0 bridgehead atoms. The lowest BCUT2D eigenvalue weighted by molar-refractivity contribution is 0.0670. The number of terminal acetylenes is 1. The highest BCUT2D eigenvalue weighted by Crippen LogP contribution is 2.28. The van der Waals surface area contributed by atoms with Gasteiger partial charge in [-0.1, -0.05) is 42.5 Å². The Bertz CT molecular complexity index is 427. The van der Waals surface area contributed by atoms with Gasteiger partial charge in [0.15, 0.2) is 0 Å². The first-order chi connectivity index (χ1) is 9.40. The molecule has 0 unspecified atom stereocenters. The van der Waals surface area contributed by atoms with E-state index in [4.69, 9.17) is 11.2 Å². The summed E-state index contributed by atoms with van der Waals surface area (Å²) in [6.45, 7) is 1.55. The number of hydrogen-bond acceptors (Lipinski definition) is 1. The highest BCUT2D eigenvalue weighted by molar-refractivity contribution is 5.13. The van der Waals surface area contributed by atoms with Crippen LogP contribution in [-0.2, 0) is 11.3 Å². The van der Waals surface area contributed by atoms with Crippen molar-refractivity contribution in [2.45, 2.75) is 32.3 Å². The monoisotopic (exact) mass is 254 g/mol. The molecule has 1 aromatic carbocycles. The first-order valence-electron chi connectivity index (χ1n) is 7.12. The van der Waals surface area contributed by atoms with Crippen molar-refractivity contribution >= 4 is 0 Å². The van der Waals surface area contributed by atoms with Crippen LogP contribution in [0.25, 0.3) is 0 Å². The zero-order valence-corrected chi connectivity index (χ0v) is 11.4. The Morgan fingerprint density at radius 2 is 2.11 bits per heavy atom. The molecule has 0 N–H and O–H groups in total. The molecule has 1 aliphatic rings. The van der Waals surface area contributed by atoms with E-state index >= 15 is 0 Å². The molecular weight excluding hydrogens is 232 g/mol. The zero-order chi connectivity index (χ0) is 13.3. The van der Waals surface area contributed by atoms with Crippen molar-refractivity contribution in [3.63, 3.8) is 0 Å². The molecule has 1 aromatic rings. The Kier molecular flexibility index (Phi) is 5.72. The molecule has 0 saturated heterocycles. The predicted molar refractivity (Wildman–Crippen MR) is 79.5 cm³/mol. The smallest absolute Gasteiger partial charge is 0.0717 e. The third kappa shape index (κ3) is 4.58. The topological polar surface area (TPSA) is 9.23 Å². The number of rotatable bonds is 6. The summed E-state index contributed by atoms with van der Waals surface area (Å²) in [4.78, 5) is 0. The Morgan fingerprint density at radius 1 is 1.26 bits per heavy atom. The standard InChI is InChI=1S/C18H22O/c1-2-3-11-17-12-7-8-13-18(17)15-19-14-16-9-5-4-6-10-16/h1,4-7,9-10,12,17-18H,3,8,11,13-15H2/t17-,18+/m0/s1. The van der Waals surface area contributed by atoms with E-state index in [0.717, 1.165) is 19.4 Å². The molecule has 0 aromatic heterocycles. The van der Waals surface area contributed by atoms with Crippen LogP contribution in [0.5, 0.6) is 0 Å². The first-order valence-corrected chi connectivity index (χ1v) is 7.12. The fraction of sp³-hybridized carbons (Fsp3) is 0.444. The molecule has 0 amide bonds. The molecule has 1 heteroatoms. The Hall–Kier alpha value is -1.52. The van der Waals surface area contributed by atoms with Crippen molar-refractivity contribution in [2.75, 3.05) is 6.61 Å². The molecule has 0 saturated carbocycles. The Morgan fingerprint density at radius 3 is 2.89 bits per heavy atom. The van der Waals surface area contributed by atoms with Crippen molar-refractivity contribution in [1.82, 2.24) is 0 Å². The predicted octanol–water partition coefficient (Wildman–Crippen LogP) is 4.20. The van der Waals surface area contributed by atoms with Crippen LogP contribution in [0, 0.1) is 24.2 Å². The minimum atomic E-state index is 0.598. The van der Waals surface area contributed by atoms with Gasteiger partial charge in [0.05, 0.1) is 13.2 Å². The summed E-state index contributed by atoms with van der Waals surface area (Å²) in [5.41, 5.74) is 1.24. The summed E-state index contributed by atoms with van der Waals surface area (Å²) in [5, 5.41) is 0. The summed E-state index contributed by atoms with van der Waals surface area (Å²) >= 11 is 0. The lowest BCUT2D eigenvalue weighted by atomic mass is 9.82. The molecule has 0 radical (unpaired) electrons. The van der Waals surface area contributed by atoms with Crippen LogP contribution in [0.4, 0.5) is 0 Å². The van der Waals surface area contributed by atoms with E-state index in [2.05, 4.69) is 42.3 Å². The molecule has 1 aliphatic carbocycles. The summed E-state index contributed by atoms with van der Waals surface area (Å²) in [7, 11) is 0. The second-order valence-corrected chi connectivity index (χ2v) is 5.17. The number of benzene rings is 1. The van der Waals surface area contributed by atoms with Gasteiger partial charge >= 0.3 is 0 Å². The quantitative estimate of drug-likeness (QED) is 0.546. The van der Waals surface area contributed by atoms with Gasteiger partial charge in [0.2, 0.25) is 0 Å². The van der Waals surface area contributed by atoms with E-state index in [-0.39, 0.29) is 0 Å². The first kappa shape index (κ1) is 13.9. The maximum absolute atomic E-state index is 5.88. The van der Waals surface area contributed by atoms with E-state index in [1.807, 2.05) is 6.07 Å². The van der Waals surface area contributed by atoms with E-state index < -0.39 is 0 Å². The van der Waals surface area contributed by atoms with Crippen molar-refractivity contribution < 1.29 is 4.74 Å². The van der Waals surface area contributed by atoms with E-state index in [9.17, 15) is 0 Å². The second-order valence-electron chi connectivity index (χ2n) is 5.17. The van der Waals surface area contributed by atoms with Gasteiger partial charge in [0, 0.05) is 6.42 Å². The molecule has 100 valence electrons. The van der Waals surface area contributed by atoms with Gasteiger partial charge in [-0.25, -0.2) is 0 Å². The van der Waals surface area contributed by atoms with E-state index in [1.54, 1.807) is 0 Å². The second kappa shape index (κ2) is 7.81. The SMILES string of the molecule is C#CCC[C@H]1C=CCC[C@@H]1COCc1ccccc1. The molecule has 2 rings (SSSR count). The number of ether oxygens (including phenoxy) is 1. The van der Waals surface area contributed by atoms with Crippen LogP contribution < -0.4 is 0 Å². The molecule has 0 fully saturated rings. The Balaban J connectivity index is 1.77. The number of hydrogen-bond donors (Lipinski definition) is 0. The van der Waals surface area contributed by atoms with Crippen LogP contribution in [-0.4, -0.2) is 6.61 Å². The van der Waals surface area contributed by atoms with Gasteiger partial charge in [0.1, 0.15) is 0 Å². The van der Waals surface area contributed by atoms with Crippen LogP contribution in [0.3, 0.4) is 0 Å². The van der Waals surface area contributed by atoms with Gasteiger partial charge in [-0.05, 0) is 36.7 Å². The zero-order valence-electron chi connectivity index (χ0n) is 11.4.